The fourth-order valence-electron chi connectivity index (χ4n) is 3.42. The predicted molar refractivity (Wildman–Crippen MR) is 116 cm³/mol. The van der Waals surface area contributed by atoms with Gasteiger partial charge in [0.2, 0.25) is 0 Å². The molecule has 142 valence electrons. The van der Waals surface area contributed by atoms with Gasteiger partial charge in [-0.25, -0.2) is 0 Å². The number of para-hydroxylation sites is 2. The van der Waals surface area contributed by atoms with Crippen molar-refractivity contribution in [2.75, 3.05) is 43.9 Å². The molecule has 0 aliphatic heterocycles. The van der Waals surface area contributed by atoms with E-state index in [9.17, 15) is 0 Å². The van der Waals surface area contributed by atoms with Crippen LogP contribution in [-0.2, 0) is 0 Å². The zero-order valence-electron chi connectivity index (χ0n) is 17.2. The van der Waals surface area contributed by atoms with Crippen molar-refractivity contribution in [3.63, 3.8) is 0 Å². The number of benzene rings is 2. The monoisotopic (exact) mass is 353 g/mol. The van der Waals surface area contributed by atoms with Crippen LogP contribution < -0.4 is 10.6 Å². The largest absolute Gasteiger partial charge is 0.385 e. The van der Waals surface area contributed by atoms with E-state index in [2.05, 4.69) is 86.7 Å². The molecule has 0 amide bonds. The van der Waals surface area contributed by atoms with Gasteiger partial charge in [-0.2, -0.15) is 0 Å². The molecule has 0 saturated heterocycles. The van der Waals surface area contributed by atoms with Crippen molar-refractivity contribution in [2.24, 2.45) is 0 Å². The molecule has 0 heterocycles. The van der Waals surface area contributed by atoms with Crippen LogP contribution in [0.4, 0.5) is 11.4 Å². The molecule has 0 spiro atoms. The predicted octanol–water partition coefficient (Wildman–Crippen LogP) is 5.16. The summed E-state index contributed by atoms with van der Waals surface area (Å²) in [5.41, 5.74) is 7.92. The van der Waals surface area contributed by atoms with E-state index in [1.165, 1.54) is 33.6 Å². The third-order valence-corrected chi connectivity index (χ3v) is 5.00. The van der Waals surface area contributed by atoms with Crippen molar-refractivity contribution in [3.05, 3.63) is 58.7 Å². The number of rotatable bonds is 10. The molecule has 0 bridgehead atoms. The summed E-state index contributed by atoms with van der Waals surface area (Å²) < 4.78 is 0. The minimum atomic E-state index is 1.02. The molecule has 0 atom stereocenters. The number of nitrogens with zero attached hydrogens (tertiary/aromatic N) is 1. The number of nitrogens with one attached hydrogen (secondary N) is 2. The SMILES string of the molecule is Cc1cccc(C)c1NCCCN(C)CCCNc1c(C)cccc1C. The lowest BCUT2D eigenvalue weighted by atomic mass is 10.1. The minimum absolute atomic E-state index is 1.02. The van der Waals surface area contributed by atoms with Gasteiger partial charge in [-0.1, -0.05) is 36.4 Å². The number of hydrogen-bond donors (Lipinski definition) is 2. The van der Waals surface area contributed by atoms with Gasteiger partial charge in [0.25, 0.3) is 0 Å². The lowest BCUT2D eigenvalue weighted by molar-refractivity contribution is 0.331. The van der Waals surface area contributed by atoms with Crippen LogP contribution in [0.2, 0.25) is 0 Å². The number of aryl methyl sites for hydroxylation is 4. The first kappa shape index (κ1) is 20.3. The summed E-state index contributed by atoms with van der Waals surface area (Å²) in [5, 5.41) is 7.20. The van der Waals surface area contributed by atoms with Crippen LogP contribution in [0.1, 0.15) is 35.1 Å². The van der Waals surface area contributed by atoms with E-state index in [1.807, 2.05) is 0 Å². The fraction of sp³-hybridized carbons (Fsp3) is 0.478. The summed E-state index contributed by atoms with van der Waals surface area (Å²) in [6, 6.07) is 12.9. The smallest absolute Gasteiger partial charge is 0.0399 e. The van der Waals surface area contributed by atoms with Gasteiger partial charge in [-0.3, -0.25) is 0 Å². The van der Waals surface area contributed by atoms with Gasteiger partial charge >= 0.3 is 0 Å². The second-order valence-corrected chi connectivity index (χ2v) is 7.40. The van der Waals surface area contributed by atoms with Crippen molar-refractivity contribution in [1.29, 1.82) is 0 Å². The highest BCUT2D eigenvalue weighted by Crippen LogP contribution is 2.20. The van der Waals surface area contributed by atoms with E-state index in [0.717, 1.165) is 39.0 Å². The van der Waals surface area contributed by atoms with Gasteiger partial charge in [-0.05, 0) is 82.9 Å². The van der Waals surface area contributed by atoms with Crippen molar-refractivity contribution in [1.82, 2.24) is 4.90 Å². The summed E-state index contributed by atoms with van der Waals surface area (Å²) in [6.45, 7) is 13.0. The first-order chi connectivity index (χ1) is 12.5. The Morgan fingerprint density at radius 1 is 0.654 bits per heavy atom. The average Bonchev–Trinajstić information content (AvgIpc) is 2.59. The summed E-state index contributed by atoms with van der Waals surface area (Å²) >= 11 is 0. The second kappa shape index (κ2) is 10.2. The molecule has 0 unspecified atom stereocenters. The van der Waals surface area contributed by atoms with Gasteiger partial charge in [-0.15, -0.1) is 0 Å². The van der Waals surface area contributed by atoms with Crippen LogP contribution in [0.3, 0.4) is 0 Å². The molecule has 2 rings (SSSR count). The first-order valence-electron chi connectivity index (χ1n) is 9.77. The molecule has 2 N–H and O–H groups in total. The van der Waals surface area contributed by atoms with Crippen molar-refractivity contribution in [2.45, 2.75) is 40.5 Å². The third-order valence-electron chi connectivity index (χ3n) is 5.00. The summed E-state index contributed by atoms with van der Waals surface area (Å²) in [7, 11) is 2.22. The molecule has 26 heavy (non-hydrogen) atoms. The van der Waals surface area contributed by atoms with Gasteiger partial charge in [0.05, 0.1) is 0 Å². The van der Waals surface area contributed by atoms with Gasteiger partial charge in [0.15, 0.2) is 0 Å². The van der Waals surface area contributed by atoms with Crippen LogP contribution in [0.5, 0.6) is 0 Å². The third kappa shape index (κ3) is 6.06. The topological polar surface area (TPSA) is 27.3 Å². The van der Waals surface area contributed by atoms with E-state index < -0.39 is 0 Å². The second-order valence-electron chi connectivity index (χ2n) is 7.40. The summed E-state index contributed by atoms with van der Waals surface area (Å²) in [6.07, 6.45) is 2.32. The van der Waals surface area contributed by atoms with E-state index in [-0.39, 0.29) is 0 Å². The molecule has 0 aliphatic carbocycles. The van der Waals surface area contributed by atoms with Gasteiger partial charge in [0, 0.05) is 24.5 Å². The van der Waals surface area contributed by atoms with E-state index in [1.54, 1.807) is 0 Å². The van der Waals surface area contributed by atoms with E-state index >= 15 is 0 Å². The molecule has 3 nitrogen and oxygen atoms in total. The van der Waals surface area contributed by atoms with Crippen LogP contribution in [0.25, 0.3) is 0 Å². The van der Waals surface area contributed by atoms with Crippen molar-refractivity contribution >= 4 is 11.4 Å². The number of anilines is 2. The van der Waals surface area contributed by atoms with Crippen molar-refractivity contribution in [3.8, 4) is 0 Å². The Morgan fingerprint density at radius 3 is 1.35 bits per heavy atom. The maximum absolute atomic E-state index is 3.60. The first-order valence-corrected chi connectivity index (χ1v) is 9.77. The van der Waals surface area contributed by atoms with Crippen LogP contribution in [0, 0.1) is 27.7 Å². The quantitative estimate of drug-likeness (QED) is 0.578. The van der Waals surface area contributed by atoms with Gasteiger partial charge in [0.1, 0.15) is 0 Å². The lowest BCUT2D eigenvalue weighted by Gasteiger charge is -2.19. The average molecular weight is 354 g/mol. The fourth-order valence-corrected chi connectivity index (χ4v) is 3.42. The molecular weight excluding hydrogens is 318 g/mol. The number of hydrogen-bond acceptors (Lipinski definition) is 3. The highest BCUT2D eigenvalue weighted by molar-refractivity contribution is 5.57. The zero-order chi connectivity index (χ0) is 18.9. The Bertz CT molecular complexity index is 594. The Labute approximate surface area is 159 Å². The summed E-state index contributed by atoms with van der Waals surface area (Å²) in [4.78, 5) is 2.43. The highest BCUT2D eigenvalue weighted by atomic mass is 15.1. The van der Waals surface area contributed by atoms with Crippen LogP contribution in [0.15, 0.2) is 36.4 Å². The maximum Gasteiger partial charge on any atom is 0.0399 e. The normalized spacial score (nSPS) is 11.0. The van der Waals surface area contributed by atoms with Crippen LogP contribution in [-0.4, -0.2) is 38.1 Å². The molecule has 0 aliphatic rings. The summed E-state index contributed by atoms with van der Waals surface area (Å²) in [5.74, 6) is 0. The Balaban J connectivity index is 1.61. The van der Waals surface area contributed by atoms with Gasteiger partial charge < -0.3 is 15.5 Å². The molecule has 0 radical (unpaired) electrons. The minimum Gasteiger partial charge on any atom is -0.385 e. The molecular formula is C23H35N3. The lowest BCUT2D eigenvalue weighted by Crippen LogP contribution is -2.24. The molecule has 2 aromatic carbocycles. The van der Waals surface area contributed by atoms with E-state index in [0.29, 0.717) is 0 Å². The van der Waals surface area contributed by atoms with E-state index in [4.69, 9.17) is 0 Å². The Morgan fingerprint density at radius 2 is 1.00 bits per heavy atom. The molecule has 2 aromatic rings. The molecule has 3 heteroatoms. The molecule has 0 fully saturated rings. The highest BCUT2D eigenvalue weighted by Gasteiger charge is 2.03. The molecule has 0 saturated carbocycles. The zero-order valence-corrected chi connectivity index (χ0v) is 17.2. The van der Waals surface area contributed by atoms with Crippen molar-refractivity contribution < 1.29 is 0 Å². The Kier molecular flexibility index (Phi) is 7.99. The maximum atomic E-state index is 3.60. The molecule has 0 aromatic heterocycles. The van der Waals surface area contributed by atoms with Crippen LogP contribution >= 0.6 is 0 Å². The standard InChI is InChI=1S/C23H35N3/c1-18-10-6-11-19(2)22(18)24-14-8-16-26(5)17-9-15-25-23-20(3)12-7-13-21(23)4/h6-7,10-13,24-25H,8-9,14-17H2,1-5H3. The Hall–Kier alpha value is -2.00.